The average molecular weight is 563 g/mol. The highest BCUT2D eigenvalue weighted by Crippen LogP contribution is 2.26. The fourth-order valence-electron chi connectivity index (χ4n) is 5.56. The Morgan fingerprint density at radius 1 is 0.975 bits per heavy atom. The topological polar surface area (TPSA) is 117 Å². The molecule has 0 bridgehead atoms. The lowest BCUT2D eigenvalue weighted by molar-refractivity contribution is -0.0299. The summed E-state index contributed by atoms with van der Waals surface area (Å²) in [6.07, 6.45) is 4.90. The minimum absolute atomic E-state index is 0.0717. The number of aliphatic hydroxyl groups is 2. The molecule has 0 spiro atoms. The number of fused-ring (bicyclic) bond motifs is 1. The Labute approximate surface area is 236 Å². The van der Waals surface area contributed by atoms with Gasteiger partial charge in [0.25, 0.3) is 11.5 Å². The van der Waals surface area contributed by atoms with Crippen molar-refractivity contribution in [2.75, 3.05) is 31.1 Å². The summed E-state index contributed by atoms with van der Waals surface area (Å²) in [5.74, 6) is -0.0717. The number of nitrogens with zero attached hydrogens (tertiary/aromatic N) is 6. The summed E-state index contributed by atoms with van der Waals surface area (Å²) in [6, 6.07) is 14.7. The van der Waals surface area contributed by atoms with Gasteiger partial charge in [0.05, 0.1) is 30.1 Å². The zero-order chi connectivity index (χ0) is 27.9. The molecule has 0 aliphatic carbocycles. The smallest absolute Gasteiger partial charge is 0.264 e. The molecular formula is C29H31ClN6O4. The van der Waals surface area contributed by atoms with Crippen molar-refractivity contribution < 1.29 is 15.0 Å². The molecule has 1 amide bonds. The van der Waals surface area contributed by atoms with Gasteiger partial charge in [-0.25, -0.2) is 9.67 Å². The maximum Gasteiger partial charge on any atom is 0.264 e. The number of amides is 1. The summed E-state index contributed by atoms with van der Waals surface area (Å²) in [6.45, 7) is 2.47. The van der Waals surface area contributed by atoms with Crippen LogP contribution in [-0.4, -0.2) is 78.2 Å². The second-order valence-corrected chi connectivity index (χ2v) is 11.2. The highest BCUT2D eigenvalue weighted by molar-refractivity contribution is 6.30. The van der Waals surface area contributed by atoms with E-state index in [0.29, 0.717) is 47.6 Å². The first-order chi connectivity index (χ1) is 19.3. The number of hydrogen-bond donors (Lipinski definition) is 2. The first-order valence-corrected chi connectivity index (χ1v) is 13.9. The van der Waals surface area contributed by atoms with Crippen LogP contribution in [0.1, 0.15) is 36.0 Å². The molecule has 208 valence electrons. The molecule has 2 fully saturated rings. The first-order valence-electron chi connectivity index (χ1n) is 13.5. The number of hydrogen-bond acceptors (Lipinski definition) is 7. The number of anilines is 1. The number of carbonyl (C=O) groups excluding carboxylic acids is 1. The van der Waals surface area contributed by atoms with Crippen LogP contribution in [0.5, 0.6) is 0 Å². The van der Waals surface area contributed by atoms with Crippen LogP contribution in [0.15, 0.2) is 65.8 Å². The number of aliphatic hydroxyl groups excluding tert-OH is 1. The van der Waals surface area contributed by atoms with Crippen LogP contribution < -0.4 is 10.5 Å². The Kier molecular flexibility index (Phi) is 7.07. The molecule has 6 rings (SSSR count). The molecule has 0 atom stereocenters. The molecule has 10 nitrogen and oxygen atoms in total. The molecule has 2 aromatic heterocycles. The van der Waals surface area contributed by atoms with Gasteiger partial charge in [0.1, 0.15) is 11.7 Å². The fraction of sp³-hybridized carbons (Fsp3) is 0.379. The number of carbonyl (C=O) groups is 1. The maximum atomic E-state index is 13.2. The third-order valence-corrected chi connectivity index (χ3v) is 8.27. The van der Waals surface area contributed by atoms with Gasteiger partial charge in [-0.05, 0) is 74.2 Å². The molecule has 11 heteroatoms. The molecule has 2 aliphatic heterocycles. The predicted octanol–water partition coefficient (Wildman–Crippen LogP) is 2.86. The summed E-state index contributed by atoms with van der Waals surface area (Å²) in [5, 5.41) is 26.3. The van der Waals surface area contributed by atoms with E-state index in [1.54, 1.807) is 33.8 Å². The first kappa shape index (κ1) is 26.5. The van der Waals surface area contributed by atoms with E-state index in [9.17, 15) is 19.8 Å². The van der Waals surface area contributed by atoms with Crippen molar-refractivity contribution >= 4 is 34.2 Å². The van der Waals surface area contributed by atoms with E-state index in [0.717, 1.165) is 37.3 Å². The zero-order valence-electron chi connectivity index (χ0n) is 22.0. The van der Waals surface area contributed by atoms with Crippen molar-refractivity contribution in [3.8, 4) is 5.69 Å². The van der Waals surface area contributed by atoms with Crippen molar-refractivity contribution in [1.29, 1.82) is 0 Å². The van der Waals surface area contributed by atoms with Crippen LogP contribution in [0.4, 0.5) is 5.69 Å². The van der Waals surface area contributed by atoms with Crippen molar-refractivity contribution in [2.45, 2.75) is 43.9 Å². The molecular weight excluding hydrogens is 532 g/mol. The van der Waals surface area contributed by atoms with Crippen molar-refractivity contribution in [3.63, 3.8) is 0 Å². The van der Waals surface area contributed by atoms with E-state index in [4.69, 9.17) is 11.6 Å². The Morgan fingerprint density at radius 3 is 2.30 bits per heavy atom. The number of likely N-dealkylation sites (tertiary alicyclic amines) is 1. The summed E-state index contributed by atoms with van der Waals surface area (Å²) in [5.41, 5.74) is 1.41. The Hall–Kier alpha value is -3.73. The third kappa shape index (κ3) is 5.22. The highest BCUT2D eigenvalue weighted by atomic mass is 35.5. The van der Waals surface area contributed by atoms with Gasteiger partial charge in [0.15, 0.2) is 5.65 Å². The molecule has 40 heavy (non-hydrogen) atoms. The van der Waals surface area contributed by atoms with E-state index < -0.39 is 5.60 Å². The number of piperidine rings is 2. The van der Waals surface area contributed by atoms with Crippen LogP contribution in [0.2, 0.25) is 5.02 Å². The van der Waals surface area contributed by atoms with Crippen molar-refractivity contribution in [3.05, 3.63) is 82.0 Å². The van der Waals surface area contributed by atoms with Crippen LogP contribution in [0.25, 0.3) is 16.7 Å². The number of halogens is 1. The molecule has 2 N–H and O–H groups in total. The highest BCUT2D eigenvalue weighted by Gasteiger charge is 2.35. The molecule has 4 heterocycles. The Balaban J connectivity index is 1.10. The second-order valence-electron chi connectivity index (χ2n) is 10.7. The minimum Gasteiger partial charge on any atom is -0.393 e. The lowest BCUT2D eigenvalue weighted by Gasteiger charge is -2.38. The summed E-state index contributed by atoms with van der Waals surface area (Å²) in [7, 11) is 0. The summed E-state index contributed by atoms with van der Waals surface area (Å²) in [4.78, 5) is 34.8. The van der Waals surface area contributed by atoms with Gasteiger partial charge in [-0.15, -0.1) is 0 Å². The molecule has 2 aliphatic rings. The SMILES string of the molecule is O=C(c1ccc(N2CCC(O)CC2)cc1)N1CCC(O)(Cn2cnc3c(cnn3-c3ccc(Cl)cc3)c2=O)CC1. The van der Waals surface area contributed by atoms with Gasteiger partial charge in [-0.2, -0.15) is 5.10 Å². The van der Waals surface area contributed by atoms with Crippen LogP contribution >= 0.6 is 11.6 Å². The lowest BCUT2D eigenvalue weighted by Crippen LogP contribution is -2.49. The maximum absolute atomic E-state index is 13.2. The van der Waals surface area contributed by atoms with E-state index in [1.165, 1.54) is 17.1 Å². The lowest BCUT2D eigenvalue weighted by atomic mass is 9.91. The van der Waals surface area contributed by atoms with Gasteiger partial charge >= 0.3 is 0 Å². The number of rotatable bonds is 5. The van der Waals surface area contributed by atoms with Gasteiger partial charge < -0.3 is 20.0 Å². The zero-order valence-corrected chi connectivity index (χ0v) is 22.7. The van der Waals surface area contributed by atoms with Gasteiger partial charge in [0, 0.05) is 42.5 Å². The molecule has 4 aromatic rings. The van der Waals surface area contributed by atoms with Crippen LogP contribution in [0.3, 0.4) is 0 Å². The number of aromatic nitrogens is 4. The van der Waals surface area contributed by atoms with Gasteiger partial charge in [-0.3, -0.25) is 14.2 Å². The van der Waals surface area contributed by atoms with Crippen molar-refractivity contribution in [1.82, 2.24) is 24.2 Å². The summed E-state index contributed by atoms with van der Waals surface area (Å²) >= 11 is 5.98. The fourth-order valence-corrected chi connectivity index (χ4v) is 5.68. The monoisotopic (exact) mass is 562 g/mol. The quantitative estimate of drug-likeness (QED) is 0.384. The molecule has 0 unspecified atom stereocenters. The second kappa shape index (κ2) is 10.7. The normalized spacial score (nSPS) is 17.9. The van der Waals surface area contributed by atoms with Gasteiger partial charge in [-0.1, -0.05) is 11.6 Å². The standard InChI is InChI=1S/C29H31ClN6O4/c30-21-3-7-23(8-4-21)36-26-25(17-32-36)28(39)35(19-31-26)18-29(40)11-15-34(16-12-29)27(38)20-1-5-22(6-2-20)33-13-9-24(37)10-14-33/h1-8,17,19,24,37,40H,9-16,18H2. The van der Waals surface area contributed by atoms with Crippen molar-refractivity contribution in [2.24, 2.45) is 0 Å². The Morgan fingerprint density at radius 2 is 1.62 bits per heavy atom. The average Bonchev–Trinajstić information content (AvgIpc) is 3.40. The Bertz CT molecular complexity index is 1570. The largest absolute Gasteiger partial charge is 0.393 e. The minimum atomic E-state index is -1.13. The van der Waals surface area contributed by atoms with E-state index >= 15 is 0 Å². The number of benzene rings is 2. The van der Waals surface area contributed by atoms with E-state index in [-0.39, 0.29) is 24.1 Å². The molecule has 0 radical (unpaired) electrons. The molecule has 0 saturated carbocycles. The van der Waals surface area contributed by atoms with Crippen LogP contribution in [0, 0.1) is 0 Å². The molecule has 2 aromatic carbocycles. The summed E-state index contributed by atoms with van der Waals surface area (Å²) < 4.78 is 3.01. The third-order valence-electron chi connectivity index (χ3n) is 8.02. The van der Waals surface area contributed by atoms with Gasteiger partial charge in [0.2, 0.25) is 0 Å². The molecule has 2 saturated heterocycles. The van der Waals surface area contributed by atoms with E-state index in [1.807, 2.05) is 24.3 Å². The van der Waals surface area contributed by atoms with E-state index in [2.05, 4.69) is 15.0 Å². The van der Waals surface area contributed by atoms with Crippen LogP contribution in [-0.2, 0) is 6.54 Å². The predicted molar refractivity (Wildman–Crippen MR) is 152 cm³/mol.